The van der Waals surface area contributed by atoms with Gasteiger partial charge in [0.1, 0.15) is 0 Å². The lowest BCUT2D eigenvalue weighted by atomic mass is 10.1. The molecule has 0 amide bonds. The summed E-state index contributed by atoms with van der Waals surface area (Å²) in [5.41, 5.74) is 0.213. The number of hydrogen-bond donors (Lipinski definition) is 0. The van der Waals surface area contributed by atoms with E-state index in [-0.39, 0.29) is 17.8 Å². The normalized spacial score (nSPS) is 17.2. The van der Waals surface area contributed by atoms with Gasteiger partial charge in [0.25, 0.3) is 0 Å². The van der Waals surface area contributed by atoms with Crippen LogP contribution in [-0.4, -0.2) is 4.98 Å². The molecule has 2 aromatic rings. The topological polar surface area (TPSA) is 12.9 Å². The first-order valence-electron chi connectivity index (χ1n) is 6.96. The second kappa shape index (κ2) is 3.93. The summed E-state index contributed by atoms with van der Waals surface area (Å²) in [6, 6.07) is 6.11. The van der Waals surface area contributed by atoms with E-state index < -0.39 is 18.6 Å². The summed E-state index contributed by atoms with van der Waals surface area (Å²) >= 11 is 3.29. The quantitative estimate of drug-likeness (QED) is 0.753. The van der Waals surface area contributed by atoms with Crippen molar-refractivity contribution < 1.29 is 8.22 Å². The summed E-state index contributed by atoms with van der Waals surface area (Å²) in [7, 11) is 0. The van der Waals surface area contributed by atoms with Gasteiger partial charge in [0.15, 0.2) is 0 Å². The molecule has 0 aliphatic heterocycles. The van der Waals surface area contributed by atoms with Crippen molar-refractivity contribution in [2.75, 3.05) is 0 Å². The standard InChI is InChI=1S/C12H10BrN/c1-9-2-3-11(8-14-9)10-4-6-12(13)7-5-10/h2-8H,1H3/i1D3,2D,3D,8D. The molecule has 1 heterocycles. The fourth-order valence-electron chi connectivity index (χ4n) is 1.04. The fourth-order valence-corrected chi connectivity index (χ4v) is 1.31. The first kappa shape index (κ1) is 4.58. The van der Waals surface area contributed by atoms with Gasteiger partial charge >= 0.3 is 0 Å². The number of aromatic nitrogens is 1. The lowest BCUT2D eigenvalue weighted by Gasteiger charge is -2.01. The first-order chi connectivity index (χ1) is 9.21. The monoisotopic (exact) mass is 253 g/mol. The van der Waals surface area contributed by atoms with Crippen LogP contribution in [0, 0.1) is 6.85 Å². The summed E-state index contributed by atoms with van der Waals surface area (Å²) in [5, 5.41) is 0. The summed E-state index contributed by atoms with van der Waals surface area (Å²) in [5.74, 6) is 0. The molecule has 0 fully saturated rings. The molecule has 0 atom stereocenters. The Bertz CT molecular complexity index is 650. The molecule has 1 nitrogen and oxygen atoms in total. The number of pyridine rings is 1. The highest BCUT2D eigenvalue weighted by Crippen LogP contribution is 2.20. The second-order valence-corrected chi connectivity index (χ2v) is 3.62. The molecular formula is C12H10BrN. The molecule has 0 radical (unpaired) electrons. The smallest absolute Gasteiger partial charge is 0.0847 e. The second-order valence-electron chi connectivity index (χ2n) is 2.70. The SMILES string of the molecule is [2H]c1nc(C([2H])([2H])[2H])c([2H])c([2H])c1-c1ccc(Br)cc1. The minimum atomic E-state index is -2.60. The zero-order valence-corrected chi connectivity index (χ0v) is 8.72. The Morgan fingerprint density at radius 2 is 2.00 bits per heavy atom. The lowest BCUT2D eigenvalue weighted by Crippen LogP contribution is -1.82. The molecule has 1 aromatic carbocycles. The van der Waals surface area contributed by atoms with E-state index in [4.69, 9.17) is 8.22 Å². The zero-order valence-electron chi connectivity index (χ0n) is 13.1. The van der Waals surface area contributed by atoms with Gasteiger partial charge < -0.3 is 0 Å². The Labute approximate surface area is 100 Å². The maximum Gasteiger partial charge on any atom is 0.0847 e. The third-order valence-electron chi connectivity index (χ3n) is 1.72. The molecule has 14 heavy (non-hydrogen) atoms. The first-order valence-corrected chi connectivity index (χ1v) is 4.75. The van der Waals surface area contributed by atoms with E-state index >= 15 is 0 Å². The van der Waals surface area contributed by atoms with Crippen molar-refractivity contribution in [2.24, 2.45) is 0 Å². The van der Waals surface area contributed by atoms with Gasteiger partial charge in [-0.25, -0.2) is 0 Å². The molecule has 0 bridgehead atoms. The van der Waals surface area contributed by atoms with E-state index in [0.29, 0.717) is 5.56 Å². The molecule has 0 aliphatic rings. The zero-order chi connectivity index (χ0) is 15.1. The summed E-state index contributed by atoms with van der Waals surface area (Å²) in [4.78, 5) is 3.69. The van der Waals surface area contributed by atoms with Crippen LogP contribution in [0.3, 0.4) is 0 Å². The highest BCUT2D eigenvalue weighted by atomic mass is 79.9. The largest absolute Gasteiger partial charge is 0.261 e. The Kier molecular flexibility index (Phi) is 1.28. The van der Waals surface area contributed by atoms with Crippen molar-refractivity contribution in [3.63, 3.8) is 0 Å². The number of nitrogens with zero attached hydrogens (tertiary/aromatic N) is 1. The predicted molar refractivity (Wildman–Crippen MR) is 62.1 cm³/mol. The van der Waals surface area contributed by atoms with Crippen molar-refractivity contribution in [2.45, 2.75) is 6.85 Å². The maximum atomic E-state index is 7.94. The van der Waals surface area contributed by atoms with Gasteiger partial charge in [0.2, 0.25) is 0 Å². The minimum Gasteiger partial charge on any atom is -0.261 e. The molecule has 70 valence electrons. The third kappa shape index (κ3) is 2.02. The van der Waals surface area contributed by atoms with Gasteiger partial charge in [-0.05, 0) is 30.6 Å². The van der Waals surface area contributed by atoms with E-state index in [1.165, 1.54) is 0 Å². The van der Waals surface area contributed by atoms with Crippen LogP contribution in [-0.2, 0) is 0 Å². The van der Waals surface area contributed by atoms with Gasteiger partial charge in [-0.1, -0.05) is 34.1 Å². The minimum absolute atomic E-state index is 0.163. The van der Waals surface area contributed by atoms with E-state index in [1.807, 2.05) is 0 Å². The van der Waals surface area contributed by atoms with Crippen LogP contribution < -0.4 is 0 Å². The number of hydrogen-bond acceptors (Lipinski definition) is 1. The number of benzene rings is 1. The van der Waals surface area contributed by atoms with Crippen molar-refractivity contribution >= 4 is 15.9 Å². The molecule has 0 unspecified atom stereocenters. The van der Waals surface area contributed by atoms with Crippen LogP contribution in [0.1, 0.15) is 13.9 Å². The van der Waals surface area contributed by atoms with Crippen LogP contribution in [0.15, 0.2) is 47.0 Å². The van der Waals surface area contributed by atoms with Crippen LogP contribution in [0.25, 0.3) is 11.1 Å². The van der Waals surface area contributed by atoms with Crippen molar-refractivity contribution in [3.05, 3.63) is 52.7 Å². The predicted octanol–water partition coefficient (Wildman–Crippen LogP) is 3.82. The van der Waals surface area contributed by atoms with Crippen LogP contribution >= 0.6 is 15.9 Å². The van der Waals surface area contributed by atoms with E-state index in [2.05, 4.69) is 20.9 Å². The number of halogens is 1. The Balaban J connectivity index is 2.68. The number of aryl methyl sites for hydroxylation is 1. The van der Waals surface area contributed by atoms with Crippen molar-refractivity contribution in [1.29, 1.82) is 0 Å². The van der Waals surface area contributed by atoms with E-state index in [0.717, 1.165) is 4.47 Å². The lowest BCUT2D eigenvalue weighted by molar-refractivity contribution is 1.20. The molecule has 1 aromatic heterocycles. The Morgan fingerprint density at radius 3 is 2.71 bits per heavy atom. The summed E-state index contributed by atoms with van der Waals surface area (Å²) in [6.45, 7) is -2.60. The Hall–Kier alpha value is -1.15. The fraction of sp³-hybridized carbons (Fsp3) is 0.0833. The molecular weight excluding hydrogens is 238 g/mol. The maximum absolute atomic E-state index is 7.94. The molecule has 0 N–H and O–H groups in total. The molecule has 0 saturated carbocycles. The summed E-state index contributed by atoms with van der Waals surface area (Å²) < 4.78 is 46.3. The average Bonchev–Trinajstić information content (AvgIpc) is 2.35. The van der Waals surface area contributed by atoms with Crippen LogP contribution in [0.2, 0.25) is 0 Å². The number of rotatable bonds is 1. The molecule has 2 heteroatoms. The van der Waals surface area contributed by atoms with Crippen LogP contribution in [0.5, 0.6) is 0 Å². The van der Waals surface area contributed by atoms with Gasteiger partial charge in [0.05, 0.1) is 4.11 Å². The highest BCUT2D eigenvalue weighted by molar-refractivity contribution is 9.10. The molecule has 0 spiro atoms. The Morgan fingerprint density at radius 1 is 1.21 bits per heavy atom. The van der Waals surface area contributed by atoms with Gasteiger partial charge in [-0.15, -0.1) is 0 Å². The van der Waals surface area contributed by atoms with Gasteiger partial charge in [0, 0.05) is 26.0 Å². The van der Waals surface area contributed by atoms with Crippen LogP contribution in [0.4, 0.5) is 0 Å². The highest BCUT2D eigenvalue weighted by Gasteiger charge is 1.96. The van der Waals surface area contributed by atoms with Crippen molar-refractivity contribution in [1.82, 2.24) is 4.98 Å². The average molecular weight is 254 g/mol. The van der Waals surface area contributed by atoms with E-state index in [9.17, 15) is 0 Å². The van der Waals surface area contributed by atoms with Crippen molar-refractivity contribution in [3.8, 4) is 11.1 Å². The van der Waals surface area contributed by atoms with E-state index in [1.54, 1.807) is 24.3 Å². The third-order valence-corrected chi connectivity index (χ3v) is 2.25. The molecule has 0 aliphatic carbocycles. The summed E-state index contributed by atoms with van der Waals surface area (Å²) in [6.07, 6.45) is -0.306. The van der Waals surface area contributed by atoms with Gasteiger partial charge in [-0.3, -0.25) is 4.98 Å². The van der Waals surface area contributed by atoms with Gasteiger partial charge in [-0.2, -0.15) is 0 Å². The molecule has 0 saturated heterocycles. The molecule has 2 rings (SSSR count).